The zero-order valence-electron chi connectivity index (χ0n) is 7.13. The third-order valence-electron chi connectivity index (χ3n) is 2.65. The van der Waals surface area contributed by atoms with E-state index >= 15 is 0 Å². The normalized spacial score (nSPS) is 31.6. The van der Waals surface area contributed by atoms with Crippen LogP contribution in [-0.2, 0) is 14.3 Å². The molecule has 0 saturated carbocycles. The molecule has 2 rings (SSSR count). The molecule has 4 heteroatoms. The average Bonchev–Trinajstić information content (AvgIpc) is 2.46. The number of hydrogen-bond donors (Lipinski definition) is 1. The van der Waals surface area contributed by atoms with Crippen molar-refractivity contribution < 1.29 is 14.3 Å². The van der Waals surface area contributed by atoms with Crippen LogP contribution in [0.2, 0.25) is 0 Å². The number of methoxy groups -OCH3 is 1. The lowest BCUT2D eigenvalue weighted by atomic mass is 9.91. The highest BCUT2D eigenvalue weighted by atomic mass is 16.5. The molecule has 2 aliphatic rings. The van der Waals surface area contributed by atoms with Gasteiger partial charge in [0.1, 0.15) is 0 Å². The molecule has 0 radical (unpaired) electrons. The first-order valence-corrected chi connectivity index (χ1v) is 4.16. The minimum atomic E-state index is -0.105. The van der Waals surface area contributed by atoms with E-state index in [1.165, 1.54) is 7.11 Å². The van der Waals surface area contributed by atoms with Crippen molar-refractivity contribution in [1.82, 2.24) is 5.32 Å². The van der Waals surface area contributed by atoms with E-state index in [1.54, 1.807) is 0 Å². The first-order chi connectivity index (χ1) is 5.76. The molecule has 1 spiro atoms. The molecule has 4 nitrogen and oxygen atoms in total. The predicted molar refractivity (Wildman–Crippen MR) is 41.7 cm³/mol. The van der Waals surface area contributed by atoms with Crippen LogP contribution >= 0.6 is 0 Å². The summed E-state index contributed by atoms with van der Waals surface area (Å²) in [6.07, 6.45) is 0.861. The Hall–Kier alpha value is -0.610. The van der Waals surface area contributed by atoms with Gasteiger partial charge in [-0.1, -0.05) is 0 Å². The van der Waals surface area contributed by atoms with Gasteiger partial charge in [-0.05, 0) is 6.42 Å². The second-order valence-corrected chi connectivity index (χ2v) is 3.58. The second kappa shape index (κ2) is 2.71. The zero-order chi connectivity index (χ0) is 8.60. The van der Waals surface area contributed by atoms with Gasteiger partial charge in [0.2, 0.25) is 0 Å². The van der Waals surface area contributed by atoms with Gasteiger partial charge in [0, 0.05) is 6.54 Å². The van der Waals surface area contributed by atoms with Crippen LogP contribution in [0.1, 0.15) is 6.42 Å². The van der Waals surface area contributed by atoms with Crippen LogP contribution in [-0.4, -0.2) is 38.4 Å². The summed E-state index contributed by atoms with van der Waals surface area (Å²) in [6, 6.07) is 0. The van der Waals surface area contributed by atoms with Gasteiger partial charge in [0.15, 0.2) is 0 Å². The van der Waals surface area contributed by atoms with Crippen LogP contribution in [0.3, 0.4) is 0 Å². The van der Waals surface area contributed by atoms with Crippen molar-refractivity contribution >= 4 is 5.97 Å². The van der Waals surface area contributed by atoms with E-state index in [1.807, 2.05) is 0 Å². The van der Waals surface area contributed by atoms with Crippen molar-refractivity contribution in [3.05, 3.63) is 0 Å². The summed E-state index contributed by atoms with van der Waals surface area (Å²) in [5.74, 6) is -0.0785. The minimum Gasteiger partial charge on any atom is -0.469 e. The first kappa shape index (κ1) is 8.01. The summed E-state index contributed by atoms with van der Waals surface area (Å²) >= 11 is 0. The van der Waals surface area contributed by atoms with E-state index in [0.717, 1.165) is 26.2 Å². The van der Waals surface area contributed by atoms with Gasteiger partial charge in [-0.15, -0.1) is 0 Å². The number of nitrogens with one attached hydrogen (secondary N) is 1. The highest BCUT2D eigenvalue weighted by Crippen LogP contribution is 2.31. The number of esters is 1. The van der Waals surface area contributed by atoms with E-state index < -0.39 is 0 Å². The van der Waals surface area contributed by atoms with Crippen LogP contribution in [0.4, 0.5) is 0 Å². The molecule has 12 heavy (non-hydrogen) atoms. The maximum atomic E-state index is 11.1. The molecule has 0 aromatic carbocycles. The van der Waals surface area contributed by atoms with Crippen molar-refractivity contribution in [2.45, 2.75) is 12.0 Å². The molecule has 2 aliphatic heterocycles. The van der Waals surface area contributed by atoms with E-state index in [9.17, 15) is 4.79 Å². The van der Waals surface area contributed by atoms with Crippen molar-refractivity contribution in [3.8, 4) is 0 Å². The van der Waals surface area contributed by atoms with Crippen LogP contribution in [0.15, 0.2) is 0 Å². The summed E-state index contributed by atoms with van der Waals surface area (Å²) in [5.41, 5.74) is 0.0961. The third kappa shape index (κ3) is 1.11. The SMILES string of the molecule is COC(=O)C1CNC2(COC2)C1. The molecule has 0 bridgehead atoms. The Morgan fingerprint density at radius 3 is 2.83 bits per heavy atom. The number of ether oxygens (including phenoxy) is 2. The van der Waals surface area contributed by atoms with E-state index in [0.29, 0.717) is 0 Å². The van der Waals surface area contributed by atoms with Crippen molar-refractivity contribution in [2.24, 2.45) is 5.92 Å². The van der Waals surface area contributed by atoms with E-state index in [-0.39, 0.29) is 17.4 Å². The maximum absolute atomic E-state index is 11.1. The summed E-state index contributed by atoms with van der Waals surface area (Å²) in [7, 11) is 1.44. The summed E-state index contributed by atoms with van der Waals surface area (Å²) in [6.45, 7) is 2.21. The fourth-order valence-corrected chi connectivity index (χ4v) is 1.86. The molecule has 1 unspecified atom stereocenters. The fourth-order valence-electron chi connectivity index (χ4n) is 1.86. The summed E-state index contributed by atoms with van der Waals surface area (Å²) in [4.78, 5) is 11.1. The van der Waals surface area contributed by atoms with Crippen molar-refractivity contribution in [2.75, 3.05) is 26.9 Å². The first-order valence-electron chi connectivity index (χ1n) is 4.16. The second-order valence-electron chi connectivity index (χ2n) is 3.58. The monoisotopic (exact) mass is 171 g/mol. The average molecular weight is 171 g/mol. The molecule has 0 aliphatic carbocycles. The molecule has 0 amide bonds. The lowest BCUT2D eigenvalue weighted by Gasteiger charge is -2.38. The van der Waals surface area contributed by atoms with Gasteiger partial charge in [-0.3, -0.25) is 4.79 Å². The van der Waals surface area contributed by atoms with Crippen LogP contribution in [0.25, 0.3) is 0 Å². The van der Waals surface area contributed by atoms with Gasteiger partial charge < -0.3 is 14.8 Å². The predicted octanol–water partition coefficient (Wildman–Crippen LogP) is -0.462. The quantitative estimate of drug-likeness (QED) is 0.542. The van der Waals surface area contributed by atoms with Crippen LogP contribution in [0, 0.1) is 5.92 Å². The molecule has 2 saturated heterocycles. The molecule has 0 aromatic rings. The van der Waals surface area contributed by atoms with Gasteiger partial charge in [-0.25, -0.2) is 0 Å². The standard InChI is InChI=1S/C8H13NO3/c1-11-7(10)6-2-8(9-3-6)4-12-5-8/h6,9H,2-5H2,1H3. The van der Waals surface area contributed by atoms with Crippen LogP contribution < -0.4 is 5.32 Å². The van der Waals surface area contributed by atoms with Crippen LogP contribution in [0.5, 0.6) is 0 Å². The number of rotatable bonds is 1. The maximum Gasteiger partial charge on any atom is 0.310 e. The molecular weight excluding hydrogens is 158 g/mol. The molecule has 2 fully saturated rings. The number of carbonyl (C=O) groups excluding carboxylic acids is 1. The highest BCUT2D eigenvalue weighted by molar-refractivity contribution is 5.73. The molecular formula is C8H13NO3. The Labute approximate surface area is 71.2 Å². The smallest absolute Gasteiger partial charge is 0.310 e. The molecule has 2 heterocycles. The summed E-state index contributed by atoms with van der Waals surface area (Å²) < 4.78 is 9.78. The van der Waals surface area contributed by atoms with Gasteiger partial charge in [0.25, 0.3) is 0 Å². The Bertz CT molecular complexity index is 200. The third-order valence-corrected chi connectivity index (χ3v) is 2.65. The van der Waals surface area contributed by atoms with Crippen molar-refractivity contribution in [3.63, 3.8) is 0 Å². The lowest BCUT2D eigenvalue weighted by Crippen LogP contribution is -2.56. The largest absolute Gasteiger partial charge is 0.469 e. The summed E-state index contributed by atoms with van der Waals surface area (Å²) in [5, 5.41) is 3.31. The topological polar surface area (TPSA) is 47.6 Å². The highest BCUT2D eigenvalue weighted by Gasteiger charge is 2.47. The Balaban J connectivity index is 1.93. The number of carbonyl (C=O) groups is 1. The van der Waals surface area contributed by atoms with Gasteiger partial charge >= 0.3 is 5.97 Å². The van der Waals surface area contributed by atoms with Gasteiger partial charge in [0.05, 0.1) is 31.8 Å². The van der Waals surface area contributed by atoms with Crippen molar-refractivity contribution in [1.29, 1.82) is 0 Å². The minimum absolute atomic E-state index is 0.0268. The Morgan fingerprint density at radius 2 is 2.42 bits per heavy atom. The molecule has 1 N–H and O–H groups in total. The Morgan fingerprint density at radius 1 is 1.67 bits per heavy atom. The number of hydrogen-bond acceptors (Lipinski definition) is 4. The lowest BCUT2D eigenvalue weighted by molar-refractivity contribution is -0.145. The van der Waals surface area contributed by atoms with E-state index in [4.69, 9.17) is 4.74 Å². The van der Waals surface area contributed by atoms with E-state index in [2.05, 4.69) is 10.1 Å². The molecule has 0 aromatic heterocycles. The Kier molecular flexibility index (Phi) is 1.81. The molecule has 68 valence electrons. The zero-order valence-corrected chi connectivity index (χ0v) is 7.13. The van der Waals surface area contributed by atoms with Gasteiger partial charge in [-0.2, -0.15) is 0 Å². The molecule has 1 atom stereocenters. The fraction of sp³-hybridized carbons (Fsp3) is 0.875.